The molecule has 0 aliphatic carbocycles. The van der Waals surface area contributed by atoms with Crippen molar-refractivity contribution in [2.75, 3.05) is 16.6 Å². The van der Waals surface area contributed by atoms with E-state index < -0.39 is 15.8 Å². The summed E-state index contributed by atoms with van der Waals surface area (Å²) in [5.74, 6) is -0.382. The Kier molecular flexibility index (Phi) is 4.42. The van der Waals surface area contributed by atoms with Crippen molar-refractivity contribution in [3.8, 4) is 0 Å². The number of rotatable bonds is 5. The highest BCUT2D eigenvalue weighted by Gasteiger charge is 2.20. The van der Waals surface area contributed by atoms with E-state index in [1.165, 1.54) is 30.5 Å². The van der Waals surface area contributed by atoms with Crippen molar-refractivity contribution in [3.05, 3.63) is 47.9 Å². The summed E-state index contributed by atoms with van der Waals surface area (Å²) in [6, 6.07) is 7.23. The van der Waals surface area contributed by atoms with E-state index in [9.17, 15) is 12.8 Å². The van der Waals surface area contributed by atoms with Crippen LogP contribution in [-0.4, -0.2) is 19.9 Å². The Labute approximate surface area is 123 Å². The molecule has 0 unspecified atom stereocenters. The van der Waals surface area contributed by atoms with Crippen LogP contribution in [-0.2, 0) is 10.0 Å². The minimum Gasteiger partial charge on any atom is -0.369 e. The smallest absolute Gasteiger partial charge is 0.265 e. The third-order valence-corrected chi connectivity index (χ3v) is 4.17. The molecular formula is C14H16FN3O2S. The maximum Gasteiger partial charge on any atom is 0.265 e. The van der Waals surface area contributed by atoms with Crippen molar-refractivity contribution >= 4 is 21.5 Å². The number of aryl methyl sites for hydroxylation is 1. The number of nitrogens with zero attached hydrogens (tertiary/aromatic N) is 1. The van der Waals surface area contributed by atoms with Gasteiger partial charge in [0.25, 0.3) is 10.0 Å². The average Bonchev–Trinajstić information content (AvgIpc) is 2.43. The molecule has 0 amide bonds. The van der Waals surface area contributed by atoms with Gasteiger partial charge < -0.3 is 5.32 Å². The second-order valence-corrected chi connectivity index (χ2v) is 6.12. The topological polar surface area (TPSA) is 71.1 Å². The summed E-state index contributed by atoms with van der Waals surface area (Å²) in [6.45, 7) is 4.09. The lowest BCUT2D eigenvalue weighted by Crippen LogP contribution is -2.17. The number of benzene rings is 1. The van der Waals surface area contributed by atoms with Crippen molar-refractivity contribution in [2.45, 2.75) is 18.7 Å². The van der Waals surface area contributed by atoms with E-state index in [1.54, 1.807) is 13.0 Å². The second-order valence-electron chi connectivity index (χ2n) is 4.47. The van der Waals surface area contributed by atoms with Crippen LogP contribution in [0.5, 0.6) is 0 Å². The Morgan fingerprint density at radius 3 is 2.71 bits per heavy atom. The fourth-order valence-corrected chi connectivity index (χ4v) is 3.01. The van der Waals surface area contributed by atoms with E-state index in [0.717, 1.165) is 0 Å². The van der Waals surface area contributed by atoms with E-state index >= 15 is 0 Å². The first-order chi connectivity index (χ1) is 9.94. The summed E-state index contributed by atoms with van der Waals surface area (Å²) in [4.78, 5) is 3.97. The standard InChI is InChI=1S/C14H16FN3O2S/c1-3-16-14-13(5-4-8-17-14)21(19,20)18-12-7-6-10(2)9-11(12)15/h4-9,18H,3H2,1-2H3,(H,16,17). The monoisotopic (exact) mass is 309 g/mol. The van der Waals surface area contributed by atoms with Gasteiger partial charge in [0.15, 0.2) is 0 Å². The zero-order valence-electron chi connectivity index (χ0n) is 11.7. The van der Waals surface area contributed by atoms with Crippen LogP contribution in [0.25, 0.3) is 0 Å². The van der Waals surface area contributed by atoms with Crippen molar-refractivity contribution in [1.29, 1.82) is 0 Å². The minimum absolute atomic E-state index is 0.0215. The van der Waals surface area contributed by atoms with E-state index in [2.05, 4.69) is 15.0 Å². The van der Waals surface area contributed by atoms with Crippen LogP contribution in [0, 0.1) is 12.7 Å². The Hall–Kier alpha value is -2.15. The number of aromatic nitrogens is 1. The van der Waals surface area contributed by atoms with Gasteiger partial charge in [0.05, 0.1) is 5.69 Å². The summed E-state index contributed by atoms with van der Waals surface area (Å²) >= 11 is 0. The highest BCUT2D eigenvalue weighted by molar-refractivity contribution is 7.92. The Morgan fingerprint density at radius 2 is 2.05 bits per heavy atom. The van der Waals surface area contributed by atoms with Crippen LogP contribution < -0.4 is 10.0 Å². The van der Waals surface area contributed by atoms with Crippen molar-refractivity contribution < 1.29 is 12.8 Å². The number of hydrogen-bond donors (Lipinski definition) is 2. The maximum atomic E-state index is 13.8. The van der Waals surface area contributed by atoms with Crippen LogP contribution in [0.4, 0.5) is 15.9 Å². The van der Waals surface area contributed by atoms with Gasteiger partial charge in [-0.2, -0.15) is 0 Å². The lowest BCUT2D eigenvalue weighted by molar-refractivity contribution is 0.598. The fraction of sp³-hybridized carbons (Fsp3) is 0.214. The first kappa shape index (κ1) is 15.2. The highest BCUT2D eigenvalue weighted by Crippen LogP contribution is 2.23. The van der Waals surface area contributed by atoms with Crippen molar-refractivity contribution in [2.24, 2.45) is 0 Å². The predicted molar refractivity (Wildman–Crippen MR) is 80.3 cm³/mol. The summed E-state index contributed by atoms with van der Waals surface area (Å²) in [7, 11) is -3.92. The Bertz CT molecular complexity index is 748. The molecule has 0 aliphatic heterocycles. The number of halogens is 1. The van der Waals surface area contributed by atoms with E-state index in [4.69, 9.17) is 0 Å². The lowest BCUT2D eigenvalue weighted by atomic mass is 10.2. The molecule has 0 spiro atoms. The quantitative estimate of drug-likeness (QED) is 0.891. The van der Waals surface area contributed by atoms with Crippen LogP contribution in [0.15, 0.2) is 41.4 Å². The minimum atomic E-state index is -3.92. The van der Waals surface area contributed by atoms with Gasteiger partial charge in [-0.05, 0) is 43.7 Å². The molecule has 0 saturated carbocycles. The highest BCUT2D eigenvalue weighted by atomic mass is 32.2. The maximum absolute atomic E-state index is 13.8. The molecule has 112 valence electrons. The predicted octanol–water partition coefficient (Wildman–Crippen LogP) is 2.76. The fourth-order valence-electron chi connectivity index (χ4n) is 1.81. The molecule has 0 saturated heterocycles. The molecule has 0 aliphatic rings. The summed E-state index contributed by atoms with van der Waals surface area (Å²) in [6.07, 6.45) is 1.49. The van der Waals surface area contributed by atoms with Gasteiger partial charge in [-0.3, -0.25) is 4.72 Å². The Balaban J connectivity index is 2.39. The van der Waals surface area contributed by atoms with Gasteiger partial charge >= 0.3 is 0 Å². The molecule has 0 atom stereocenters. The molecule has 2 aromatic rings. The van der Waals surface area contributed by atoms with Crippen molar-refractivity contribution in [1.82, 2.24) is 4.98 Å². The molecule has 1 heterocycles. The zero-order chi connectivity index (χ0) is 15.5. The van der Waals surface area contributed by atoms with Crippen LogP contribution >= 0.6 is 0 Å². The van der Waals surface area contributed by atoms with E-state index in [1.807, 2.05) is 6.92 Å². The molecule has 2 N–H and O–H groups in total. The Morgan fingerprint density at radius 1 is 1.29 bits per heavy atom. The number of sulfonamides is 1. The normalized spacial score (nSPS) is 11.2. The molecular weight excluding hydrogens is 293 g/mol. The van der Waals surface area contributed by atoms with E-state index in [0.29, 0.717) is 12.1 Å². The third-order valence-electron chi connectivity index (χ3n) is 2.77. The van der Waals surface area contributed by atoms with Gasteiger partial charge in [0, 0.05) is 12.7 Å². The molecule has 7 heteroatoms. The largest absolute Gasteiger partial charge is 0.369 e. The summed E-state index contributed by atoms with van der Waals surface area (Å²) in [5.41, 5.74) is 0.622. The second kappa shape index (κ2) is 6.09. The summed E-state index contributed by atoms with van der Waals surface area (Å²) in [5, 5.41) is 2.87. The van der Waals surface area contributed by atoms with E-state index in [-0.39, 0.29) is 16.4 Å². The van der Waals surface area contributed by atoms with Gasteiger partial charge in [-0.15, -0.1) is 0 Å². The average molecular weight is 309 g/mol. The van der Waals surface area contributed by atoms with Crippen LogP contribution in [0.1, 0.15) is 12.5 Å². The number of anilines is 2. The molecule has 1 aromatic heterocycles. The number of nitrogens with one attached hydrogen (secondary N) is 2. The van der Waals surface area contributed by atoms with Gasteiger partial charge in [0.1, 0.15) is 16.5 Å². The molecule has 0 bridgehead atoms. The molecule has 21 heavy (non-hydrogen) atoms. The summed E-state index contributed by atoms with van der Waals surface area (Å²) < 4.78 is 40.8. The number of hydrogen-bond acceptors (Lipinski definition) is 4. The lowest BCUT2D eigenvalue weighted by Gasteiger charge is -2.12. The molecule has 0 fully saturated rings. The van der Waals surface area contributed by atoms with Crippen molar-refractivity contribution in [3.63, 3.8) is 0 Å². The first-order valence-electron chi connectivity index (χ1n) is 6.42. The third kappa shape index (κ3) is 3.49. The van der Waals surface area contributed by atoms with Crippen LogP contribution in [0.3, 0.4) is 0 Å². The van der Waals surface area contributed by atoms with Gasteiger partial charge in [0.2, 0.25) is 0 Å². The van der Waals surface area contributed by atoms with Gasteiger partial charge in [-0.1, -0.05) is 6.07 Å². The van der Waals surface area contributed by atoms with Crippen LogP contribution in [0.2, 0.25) is 0 Å². The first-order valence-corrected chi connectivity index (χ1v) is 7.90. The van der Waals surface area contributed by atoms with Gasteiger partial charge in [-0.25, -0.2) is 17.8 Å². The molecule has 1 aromatic carbocycles. The zero-order valence-corrected chi connectivity index (χ0v) is 12.5. The molecule has 5 nitrogen and oxygen atoms in total. The molecule has 2 rings (SSSR count). The number of pyridine rings is 1. The molecule has 0 radical (unpaired) electrons. The SMILES string of the molecule is CCNc1ncccc1S(=O)(=O)Nc1ccc(C)cc1F.